The van der Waals surface area contributed by atoms with Crippen molar-refractivity contribution < 1.29 is 0 Å². The molecule has 2 aliphatic rings. The molecule has 0 atom stereocenters. The van der Waals surface area contributed by atoms with Crippen LogP contribution in [0.3, 0.4) is 0 Å². The molecule has 0 unspecified atom stereocenters. The zero-order valence-corrected chi connectivity index (χ0v) is 8.41. The fourth-order valence-corrected chi connectivity index (χ4v) is 1.50. The quantitative estimate of drug-likeness (QED) is 0.693. The van der Waals surface area contributed by atoms with Gasteiger partial charge >= 0.3 is 0 Å². The number of aliphatic imine (C=N–C) groups is 1. The summed E-state index contributed by atoms with van der Waals surface area (Å²) in [5, 5.41) is 15.8. The Bertz CT molecular complexity index is 363. The molecule has 5 heteroatoms. The van der Waals surface area contributed by atoms with Crippen LogP contribution in [0.1, 0.15) is 19.8 Å². The van der Waals surface area contributed by atoms with E-state index in [-0.39, 0.29) is 0 Å². The molecule has 0 aromatic rings. The maximum atomic E-state index is 7.79. The molecule has 0 fully saturated rings. The molecule has 2 heterocycles. The summed E-state index contributed by atoms with van der Waals surface area (Å²) in [7, 11) is 1.84. The first kappa shape index (κ1) is 9.05. The molecule has 1 N–H and O–H groups in total. The number of rotatable bonds is 2. The average molecular weight is 191 g/mol. The lowest BCUT2D eigenvalue weighted by molar-refractivity contribution is 0.523. The third-order valence-electron chi connectivity index (χ3n) is 2.30. The Morgan fingerprint density at radius 3 is 2.86 bits per heavy atom. The Labute approximate surface area is 82.7 Å². The summed E-state index contributed by atoms with van der Waals surface area (Å²) >= 11 is 0. The highest BCUT2D eigenvalue weighted by Crippen LogP contribution is 2.11. The van der Waals surface area contributed by atoms with Gasteiger partial charge in [-0.25, -0.2) is 0 Å². The number of fused-ring (bicyclic) bond motifs is 1. The van der Waals surface area contributed by atoms with Gasteiger partial charge in [-0.3, -0.25) is 10.4 Å². The molecule has 0 spiro atoms. The predicted octanol–water partition coefficient (Wildman–Crippen LogP) is 0.918. The van der Waals surface area contributed by atoms with Crippen LogP contribution in [0.5, 0.6) is 0 Å². The van der Waals surface area contributed by atoms with Crippen LogP contribution < -0.4 is 0 Å². The van der Waals surface area contributed by atoms with Crippen molar-refractivity contribution in [2.75, 3.05) is 13.7 Å². The van der Waals surface area contributed by atoms with Crippen LogP contribution in [-0.2, 0) is 0 Å². The first-order chi connectivity index (χ1) is 6.74. The van der Waals surface area contributed by atoms with Gasteiger partial charge in [0, 0.05) is 7.05 Å². The van der Waals surface area contributed by atoms with Gasteiger partial charge in [0.2, 0.25) is 0 Å². The third-order valence-corrected chi connectivity index (χ3v) is 2.30. The van der Waals surface area contributed by atoms with Crippen molar-refractivity contribution >= 4 is 23.0 Å². The van der Waals surface area contributed by atoms with Crippen LogP contribution in [0.2, 0.25) is 0 Å². The summed E-state index contributed by atoms with van der Waals surface area (Å²) in [4.78, 5) is 6.12. The summed E-state index contributed by atoms with van der Waals surface area (Å²) in [5.74, 6) is 0.421. The van der Waals surface area contributed by atoms with Crippen molar-refractivity contribution in [3.8, 4) is 0 Å². The van der Waals surface area contributed by atoms with Gasteiger partial charge in [-0.1, -0.05) is 13.3 Å². The van der Waals surface area contributed by atoms with Crippen LogP contribution >= 0.6 is 0 Å². The molecular formula is C9H13N5. The molecule has 14 heavy (non-hydrogen) atoms. The highest BCUT2D eigenvalue weighted by molar-refractivity contribution is 6.83. The van der Waals surface area contributed by atoms with Gasteiger partial charge in [0.05, 0.1) is 5.71 Å². The first-order valence-corrected chi connectivity index (χ1v) is 4.73. The third kappa shape index (κ3) is 1.25. The molecule has 0 radical (unpaired) electrons. The van der Waals surface area contributed by atoms with E-state index in [0.29, 0.717) is 18.2 Å². The molecule has 0 amide bonds. The molecule has 2 rings (SSSR count). The molecular weight excluding hydrogens is 178 g/mol. The van der Waals surface area contributed by atoms with Gasteiger partial charge in [0.1, 0.15) is 12.4 Å². The fraction of sp³-hybridized carbons (Fsp3) is 0.556. The van der Waals surface area contributed by atoms with E-state index in [1.807, 2.05) is 7.05 Å². The van der Waals surface area contributed by atoms with Crippen molar-refractivity contribution in [1.29, 1.82) is 5.41 Å². The Balaban J connectivity index is 2.27. The Hall–Kier alpha value is -1.52. The Kier molecular flexibility index (Phi) is 2.15. The molecule has 0 aromatic heterocycles. The summed E-state index contributed by atoms with van der Waals surface area (Å²) < 4.78 is 0. The Morgan fingerprint density at radius 1 is 1.36 bits per heavy atom. The van der Waals surface area contributed by atoms with E-state index in [2.05, 4.69) is 22.1 Å². The highest BCUT2D eigenvalue weighted by atomic mass is 15.3. The zero-order chi connectivity index (χ0) is 10.1. The monoisotopic (exact) mass is 191 g/mol. The minimum atomic E-state index is 0.421. The number of nitrogens with zero attached hydrogens (tertiary/aromatic N) is 4. The van der Waals surface area contributed by atoms with E-state index in [1.165, 1.54) is 0 Å². The predicted molar refractivity (Wildman–Crippen MR) is 57.6 cm³/mol. The largest absolute Gasteiger partial charge is 0.339 e. The summed E-state index contributed by atoms with van der Waals surface area (Å²) in [6.07, 6.45) is 1.92. The van der Waals surface area contributed by atoms with Crippen LogP contribution in [-0.4, -0.2) is 41.6 Å². The molecule has 74 valence electrons. The van der Waals surface area contributed by atoms with Crippen molar-refractivity contribution in [3.05, 3.63) is 0 Å². The van der Waals surface area contributed by atoms with Crippen LogP contribution in [0.25, 0.3) is 0 Å². The van der Waals surface area contributed by atoms with Gasteiger partial charge in [0.15, 0.2) is 11.5 Å². The lowest BCUT2D eigenvalue weighted by atomic mass is 10.0. The van der Waals surface area contributed by atoms with Crippen molar-refractivity contribution in [1.82, 2.24) is 4.90 Å². The van der Waals surface area contributed by atoms with Crippen LogP contribution in [0.15, 0.2) is 15.2 Å². The van der Waals surface area contributed by atoms with Crippen molar-refractivity contribution in [2.24, 2.45) is 15.2 Å². The second kappa shape index (κ2) is 3.32. The van der Waals surface area contributed by atoms with Gasteiger partial charge in [-0.05, 0) is 6.42 Å². The highest BCUT2D eigenvalue weighted by Gasteiger charge is 2.29. The summed E-state index contributed by atoms with van der Waals surface area (Å²) in [5.41, 5.74) is 2.39. The van der Waals surface area contributed by atoms with E-state index < -0.39 is 0 Å². The summed E-state index contributed by atoms with van der Waals surface area (Å²) in [6.45, 7) is 2.64. The van der Waals surface area contributed by atoms with Gasteiger partial charge in [-0.15, -0.1) is 5.10 Å². The smallest absolute Gasteiger partial charge is 0.155 e. The average Bonchev–Trinajstić information content (AvgIpc) is 2.57. The molecule has 0 aliphatic carbocycles. The minimum absolute atomic E-state index is 0.421. The molecule has 0 bridgehead atoms. The number of amidine groups is 1. The standard InChI is InChI=1S/C9H13N5/c1-3-4-6-7-8(13-12-6)9(10)14(2)5-11-7/h10H,3-5H2,1-2H3. The van der Waals surface area contributed by atoms with Gasteiger partial charge < -0.3 is 4.90 Å². The van der Waals surface area contributed by atoms with E-state index in [9.17, 15) is 0 Å². The van der Waals surface area contributed by atoms with Crippen molar-refractivity contribution in [2.45, 2.75) is 19.8 Å². The lowest BCUT2D eigenvalue weighted by Crippen LogP contribution is -2.42. The second-order valence-electron chi connectivity index (χ2n) is 3.44. The SMILES string of the molecule is CCCC1=NN=C2C(=N)N(C)CN=C12. The van der Waals surface area contributed by atoms with Crippen LogP contribution in [0.4, 0.5) is 0 Å². The minimum Gasteiger partial charge on any atom is -0.339 e. The number of hydrogen-bond acceptors (Lipinski definition) is 4. The van der Waals surface area contributed by atoms with E-state index in [4.69, 9.17) is 5.41 Å². The molecule has 0 saturated heterocycles. The molecule has 0 aromatic carbocycles. The van der Waals surface area contributed by atoms with E-state index in [0.717, 1.165) is 24.3 Å². The lowest BCUT2D eigenvalue weighted by Gasteiger charge is -2.22. The maximum absolute atomic E-state index is 7.79. The normalized spacial score (nSPS) is 20.3. The fourth-order valence-electron chi connectivity index (χ4n) is 1.50. The number of hydrogen-bond donors (Lipinski definition) is 1. The molecule has 2 aliphatic heterocycles. The zero-order valence-electron chi connectivity index (χ0n) is 8.41. The molecule has 0 saturated carbocycles. The van der Waals surface area contributed by atoms with Gasteiger partial charge in [-0.2, -0.15) is 5.10 Å². The van der Waals surface area contributed by atoms with Crippen LogP contribution in [0, 0.1) is 5.41 Å². The van der Waals surface area contributed by atoms with Crippen molar-refractivity contribution in [3.63, 3.8) is 0 Å². The first-order valence-electron chi connectivity index (χ1n) is 4.73. The van der Waals surface area contributed by atoms with Gasteiger partial charge in [0.25, 0.3) is 0 Å². The van der Waals surface area contributed by atoms with E-state index >= 15 is 0 Å². The molecule has 5 nitrogen and oxygen atoms in total. The topological polar surface area (TPSA) is 64.2 Å². The maximum Gasteiger partial charge on any atom is 0.155 e. The summed E-state index contributed by atoms with van der Waals surface area (Å²) in [6, 6.07) is 0. The number of nitrogens with one attached hydrogen (secondary N) is 1. The van der Waals surface area contributed by atoms with E-state index in [1.54, 1.807) is 4.90 Å². The second-order valence-corrected chi connectivity index (χ2v) is 3.44. The Morgan fingerprint density at radius 2 is 2.14 bits per heavy atom.